The summed E-state index contributed by atoms with van der Waals surface area (Å²) in [6, 6.07) is 7.67. The van der Waals surface area contributed by atoms with Gasteiger partial charge in [-0.1, -0.05) is 12.1 Å². The molecule has 0 aromatic heterocycles. The molecule has 0 spiro atoms. The van der Waals surface area contributed by atoms with Crippen LogP contribution in [0.5, 0.6) is 0 Å². The molecule has 1 amide bonds. The Balaban J connectivity index is 2.56. The number of benzene rings is 1. The fourth-order valence-electron chi connectivity index (χ4n) is 2.40. The van der Waals surface area contributed by atoms with E-state index in [0.29, 0.717) is 18.7 Å². The van der Waals surface area contributed by atoms with E-state index in [1.54, 1.807) is 0 Å². The number of nitrogens with one attached hydrogen (secondary N) is 3. The number of hydrogen-bond acceptors (Lipinski definition) is 4. The first-order valence-electron chi connectivity index (χ1n) is 9.59. The van der Waals surface area contributed by atoms with E-state index in [1.165, 1.54) is 12.2 Å². The van der Waals surface area contributed by atoms with Crippen LogP contribution in [-0.4, -0.2) is 69.0 Å². The van der Waals surface area contributed by atoms with Gasteiger partial charge in [-0.05, 0) is 63.6 Å². The van der Waals surface area contributed by atoms with Crippen LogP contribution >= 0.6 is 11.8 Å². The molecule has 0 unspecified atom stereocenters. The molecule has 1 rings (SSSR count). The number of thioether (sulfide) groups is 1. The summed E-state index contributed by atoms with van der Waals surface area (Å²) in [7, 11) is 3.98. The summed E-state index contributed by atoms with van der Waals surface area (Å²) in [4.78, 5) is 18.9. The number of hydrogen-bond donors (Lipinski definition) is 3. The number of guanidine groups is 1. The summed E-state index contributed by atoms with van der Waals surface area (Å²) in [5.74, 6) is 1.97. The SMILES string of the molecule is CCNC(=NCc1cccc(C(=O)NCCN(C)C)c1)NCCCCSC. The average Bonchev–Trinajstić information content (AvgIpc) is 2.65. The molecule has 7 heteroatoms. The van der Waals surface area contributed by atoms with Gasteiger partial charge in [0.05, 0.1) is 6.54 Å². The van der Waals surface area contributed by atoms with E-state index < -0.39 is 0 Å². The van der Waals surface area contributed by atoms with E-state index in [4.69, 9.17) is 0 Å². The van der Waals surface area contributed by atoms with Crippen LogP contribution in [0.4, 0.5) is 0 Å². The predicted molar refractivity (Wildman–Crippen MR) is 118 cm³/mol. The second-order valence-corrected chi connectivity index (χ2v) is 7.57. The standard InChI is InChI=1S/C20H35N5OS/c1-5-21-20(23-11-6-7-14-27-4)24-16-17-9-8-10-18(15-17)19(26)22-12-13-25(2)3/h8-10,15H,5-7,11-14,16H2,1-4H3,(H,22,26)(H2,21,23,24). The number of unbranched alkanes of at least 4 members (excludes halogenated alkanes) is 1. The first-order chi connectivity index (χ1) is 13.1. The van der Waals surface area contributed by atoms with Crippen molar-refractivity contribution in [2.24, 2.45) is 4.99 Å². The molecule has 0 heterocycles. The summed E-state index contributed by atoms with van der Waals surface area (Å²) in [5.41, 5.74) is 1.70. The van der Waals surface area contributed by atoms with Gasteiger partial charge in [0, 0.05) is 31.7 Å². The van der Waals surface area contributed by atoms with Gasteiger partial charge in [0.15, 0.2) is 5.96 Å². The van der Waals surface area contributed by atoms with Crippen molar-refractivity contribution in [3.8, 4) is 0 Å². The first kappa shape index (κ1) is 23.3. The number of aliphatic imine (C=N–C) groups is 1. The zero-order chi connectivity index (χ0) is 19.9. The highest BCUT2D eigenvalue weighted by Crippen LogP contribution is 2.07. The minimum Gasteiger partial charge on any atom is -0.357 e. The normalized spacial score (nSPS) is 11.5. The highest BCUT2D eigenvalue weighted by Gasteiger charge is 2.06. The molecule has 1 aromatic rings. The summed E-state index contributed by atoms with van der Waals surface area (Å²) in [6.07, 6.45) is 4.47. The molecule has 1 aromatic carbocycles. The molecule has 0 radical (unpaired) electrons. The Morgan fingerprint density at radius 3 is 2.67 bits per heavy atom. The fraction of sp³-hybridized carbons (Fsp3) is 0.600. The third kappa shape index (κ3) is 10.9. The molecule has 0 aliphatic heterocycles. The molecule has 0 aliphatic rings. The Bertz CT molecular complexity index is 577. The maximum absolute atomic E-state index is 12.3. The Labute approximate surface area is 168 Å². The Morgan fingerprint density at radius 1 is 1.15 bits per heavy atom. The number of nitrogens with zero attached hydrogens (tertiary/aromatic N) is 2. The molecule has 0 saturated carbocycles. The Hall–Kier alpha value is -1.73. The van der Waals surface area contributed by atoms with Crippen LogP contribution in [0.2, 0.25) is 0 Å². The lowest BCUT2D eigenvalue weighted by molar-refractivity contribution is 0.0951. The monoisotopic (exact) mass is 393 g/mol. The smallest absolute Gasteiger partial charge is 0.251 e. The van der Waals surface area contributed by atoms with Gasteiger partial charge in [0.2, 0.25) is 0 Å². The molecule has 152 valence electrons. The number of carbonyl (C=O) groups excluding carboxylic acids is 1. The van der Waals surface area contributed by atoms with Crippen LogP contribution in [0, 0.1) is 0 Å². The van der Waals surface area contributed by atoms with Gasteiger partial charge < -0.3 is 20.9 Å². The largest absolute Gasteiger partial charge is 0.357 e. The van der Waals surface area contributed by atoms with Crippen LogP contribution in [0.1, 0.15) is 35.7 Å². The topological polar surface area (TPSA) is 68.8 Å². The van der Waals surface area contributed by atoms with E-state index in [0.717, 1.165) is 37.6 Å². The highest BCUT2D eigenvalue weighted by atomic mass is 32.2. The maximum atomic E-state index is 12.3. The molecular weight excluding hydrogens is 358 g/mol. The van der Waals surface area contributed by atoms with Crippen LogP contribution in [0.15, 0.2) is 29.3 Å². The summed E-state index contributed by atoms with van der Waals surface area (Å²) < 4.78 is 0. The van der Waals surface area contributed by atoms with Gasteiger partial charge in [0.25, 0.3) is 5.91 Å². The van der Waals surface area contributed by atoms with Crippen molar-refractivity contribution >= 4 is 23.6 Å². The van der Waals surface area contributed by atoms with E-state index in [1.807, 2.05) is 55.0 Å². The lowest BCUT2D eigenvalue weighted by Gasteiger charge is -2.12. The number of likely N-dealkylation sites (N-methyl/N-ethyl adjacent to an activating group) is 1. The molecule has 0 saturated heterocycles. The molecule has 0 bridgehead atoms. The van der Waals surface area contributed by atoms with E-state index >= 15 is 0 Å². The third-order valence-electron chi connectivity index (χ3n) is 3.87. The summed E-state index contributed by atoms with van der Waals surface area (Å²) >= 11 is 1.88. The first-order valence-corrected chi connectivity index (χ1v) is 11.0. The summed E-state index contributed by atoms with van der Waals surface area (Å²) in [5, 5.41) is 9.59. The van der Waals surface area contributed by atoms with Crippen molar-refractivity contribution < 1.29 is 4.79 Å². The molecule has 27 heavy (non-hydrogen) atoms. The lowest BCUT2D eigenvalue weighted by Crippen LogP contribution is -2.37. The third-order valence-corrected chi connectivity index (χ3v) is 4.56. The Morgan fingerprint density at radius 2 is 1.96 bits per heavy atom. The number of amides is 1. The minimum absolute atomic E-state index is 0.0403. The van der Waals surface area contributed by atoms with Crippen molar-refractivity contribution in [1.82, 2.24) is 20.9 Å². The van der Waals surface area contributed by atoms with E-state index in [9.17, 15) is 4.79 Å². The average molecular weight is 394 g/mol. The van der Waals surface area contributed by atoms with Gasteiger partial charge in [-0.25, -0.2) is 4.99 Å². The van der Waals surface area contributed by atoms with Gasteiger partial charge in [-0.15, -0.1) is 0 Å². The quantitative estimate of drug-likeness (QED) is 0.288. The number of rotatable bonds is 12. The number of carbonyl (C=O) groups is 1. The van der Waals surface area contributed by atoms with E-state index in [-0.39, 0.29) is 5.91 Å². The molecular formula is C20H35N5OS. The summed E-state index contributed by atoms with van der Waals surface area (Å²) in [6.45, 7) is 5.80. The van der Waals surface area contributed by atoms with Crippen LogP contribution in [0.25, 0.3) is 0 Å². The zero-order valence-electron chi connectivity index (χ0n) is 17.2. The van der Waals surface area contributed by atoms with Crippen molar-refractivity contribution in [2.75, 3.05) is 52.3 Å². The van der Waals surface area contributed by atoms with Gasteiger partial charge >= 0.3 is 0 Å². The van der Waals surface area contributed by atoms with Crippen LogP contribution in [0.3, 0.4) is 0 Å². The van der Waals surface area contributed by atoms with E-state index in [2.05, 4.69) is 34.1 Å². The molecule has 3 N–H and O–H groups in total. The van der Waals surface area contributed by atoms with Crippen LogP contribution in [-0.2, 0) is 6.54 Å². The molecule has 0 fully saturated rings. The highest BCUT2D eigenvalue weighted by molar-refractivity contribution is 7.98. The Kier molecular flexibility index (Phi) is 12.4. The second-order valence-electron chi connectivity index (χ2n) is 6.58. The second kappa shape index (κ2) is 14.3. The predicted octanol–water partition coefficient (Wildman–Crippen LogP) is 2.18. The van der Waals surface area contributed by atoms with Crippen LogP contribution < -0.4 is 16.0 Å². The molecule has 0 aliphatic carbocycles. The van der Waals surface area contributed by atoms with Crippen molar-refractivity contribution in [1.29, 1.82) is 0 Å². The van der Waals surface area contributed by atoms with Crippen molar-refractivity contribution in [3.05, 3.63) is 35.4 Å². The van der Waals surface area contributed by atoms with Gasteiger partial charge in [0.1, 0.15) is 0 Å². The van der Waals surface area contributed by atoms with Crippen molar-refractivity contribution in [3.63, 3.8) is 0 Å². The zero-order valence-corrected chi connectivity index (χ0v) is 18.0. The molecule has 0 atom stereocenters. The van der Waals surface area contributed by atoms with Gasteiger partial charge in [-0.2, -0.15) is 11.8 Å². The van der Waals surface area contributed by atoms with Crippen molar-refractivity contribution in [2.45, 2.75) is 26.3 Å². The van der Waals surface area contributed by atoms with Gasteiger partial charge in [-0.3, -0.25) is 4.79 Å². The molecule has 6 nitrogen and oxygen atoms in total. The fourth-order valence-corrected chi connectivity index (χ4v) is 2.89. The minimum atomic E-state index is -0.0403. The maximum Gasteiger partial charge on any atom is 0.251 e. The lowest BCUT2D eigenvalue weighted by atomic mass is 10.1.